The second kappa shape index (κ2) is 9.61. The molecule has 0 N–H and O–H groups in total. The summed E-state index contributed by atoms with van der Waals surface area (Å²) in [6.45, 7) is 2.54. The number of likely N-dealkylation sites (N-methyl/N-ethyl adjacent to an activating group) is 1. The summed E-state index contributed by atoms with van der Waals surface area (Å²) in [5.74, 6) is -1.67. The first-order valence-electron chi connectivity index (χ1n) is 11.4. The van der Waals surface area contributed by atoms with E-state index in [0.29, 0.717) is 18.8 Å². The molecule has 1 fully saturated rings. The molecule has 188 valence electrons. The van der Waals surface area contributed by atoms with Crippen molar-refractivity contribution in [2.45, 2.75) is 13.0 Å². The van der Waals surface area contributed by atoms with Crippen LogP contribution >= 0.6 is 0 Å². The summed E-state index contributed by atoms with van der Waals surface area (Å²) < 4.78 is 47.5. The van der Waals surface area contributed by atoms with E-state index in [1.165, 1.54) is 12.1 Å². The van der Waals surface area contributed by atoms with Gasteiger partial charge in [0.2, 0.25) is 5.89 Å². The lowest BCUT2D eigenvalue weighted by Gasteiger charge is -2.36. The van der Waals surface area contributed by atoms with E-state index >= 15 is 4.39 Å². The number of alkyl halides is 2. The van der Waals surface area contributed by atoms with Gasteiger partial charge in [-0.15, -0.1) is 10.2 Å². The van der Waals surface area contributed by atoms with E-state index in [2.05, 4.69) is 20.2 Å². The van der Waals surface area contributed by atoms with Crippen molar-refractivity contribution in [3.63, 3.8) is 0 Å². The lowest BCUT2D eigenvalue weighted by Crippen LogP contribution is -2.52. The number of benzene rings is 2. The first-order chi connectivity index (χ1) is 17.3. The highest BCUT2D eigenvalue weighted by atomic mass is 19.3. The van der Waals surface area contributed by atoms with Gasteiger partial charge in [0.1, 0.15) is 5.82 Å². The molecule has 0 saturated carbocycles. The van der Waals surface area contributed by atoms with Crippen LogP contribution in [0.4, 0.5) is 23.7 Å². The van der Waals surface area contributed by atoms with Crippen molar-refractivity contribution in [2.75, 3.05) is 38.1 Å². The van der Waals surface area contributed by atoms with Gasteiger partial charge in [-0.05, 0) is 25.2 Å². The van der Waals surface area contributed by atoms with Gasteiger partial charge in [-0.25, -0.2) is 9.18 Å². The second-order valence-corrected chi connectivity index (χ2v) is 8.69. The average molecular weight is 499 g/mol. The number of hydrogen-bond donors (Lipinski definition) is 0. The van der Waals surface area contributed by atoms with Crippen LogP contribution in [0.1, 0.15) is 17.9 Å². The minimum absolute atomic E-state index is 0.0479. The molecule has 5 rings (SSSR count). The number of carbonyl (C=O) groups is 1. The molecule has 36 heavy (non-hydrogen) atoms. The summed E-state index contributed by atoms with van der Waals surface area (Å²) in [5, 5.41) is 12.0. The van der Waals surface area contributed by atoms with Gasteiger partial charge in [0, 0.05) is 49.7 Å². The van der Waals surface area contributed by atoms with Crippen LogP contribution < -0.4 is 4.90 Å². The number of rotatable bonds is 5. The van der Waals surface area contributed by atoms with Gasteiger partial charge >= 0.3 is 12.5 Å². The van der Waals surface area contributed by atoms with E-state index in [4.69, 9.17) is 4.42 Å². The van der Waals surface area contributed by atoms with E-state index in [-0.39, 0.29) is 29.6 Å². The molecular weight excluding hydrogens is 475 g/mol. The Kier molecular flexibility index (Phi) is 6.35. The van der Waals surface area contributed by atoms with Crippen LogP contribution in [0.5, 0.6) is 0 Å². The lowest BCUT2D eigenvalue weighted by molar-refractivity contribution is 0.116. The highest BCUT2D eigenvalue weighted by molar-refractivity contribution is 6.01. The molecule has 0 aliphatic carbocycles. The number of hydrogen-bond acceptors (Lipinski definition) is 6. The Bertz CT molecular complexity index is 1400. The maximum Gasteiger partial charge on any atom is 0.324 e. The summed E-state index contributed by atoms with van der Waals surface area (Å²) in [4.78, 5) is 19.2. The number of piperazine rings is 1. The molecule has 1 saturated heterocycles. The zero-order valence-corrected chi connectivity index (χ0v) is 19.7. The highest BCUT2D eigenvalue weighted by Crippen LogP contribution is 2.30. The summed E-state index contributed by atoms with van der Waals surface area (Å²) in [7, 11) is 3.79. The number of para-hydroxylation sites is 1. The Morgan fingerprint density at radius 3 is 2.58 bits per heavy atom. The van der Waals surface area contributed by atoms with Crippen molar-refractivity contribution in [1.29, 1.82) is 0 Å². The van der Waals surface area contributed by atoms with E-state index < -0.39 is 18.1 Å². The number of aromatic nitrogens is 4. The largest absolute Gasteiger partial charge is 0.415 e. The molecule has 9 nitrogen and oxygen atoms in total. The van der Waals surface area contributed by atoms with Crippen LogP contribution in [0, 0.1) is 5.82 Å². The first-order valence-corrected chi connectivity index (χ1v) is 11.4. The molecule has 4 aromatic rings. The van der Waals surface area contributed by atoms with Gasteiger partial charge in [0.25, 0.3) is 5.89 Å². The number of halogens is 3. The summed E-state index contributed by atoms with van der Waals surface area (Å²) in [6.07, 6.45) is -1.20. The Balaban J connectivity index is 1.50. The van der Waals surface area contributed by atoms with Crippen molar-refractivity contribution >= 4 is 22.6 Å². The van der Waals surface area contributed by atoms with Crippen molar-refractivity contribution < 1.29 is 22.4 Å². The molecule has 0 atom stereocenters. The number of aryl methyl sites for hydroxylation is 1. The fraction of sp³-hybridized carbons (Fsp3) is 0.333. The third kappa shape index (κ3) is 4.51. The van der Waals surface area contributed by atoms with Crippen molar-refractivity contribution in [2.24, 2.45) is 7.05 Å². The molecule has 0 spiro atoms. The van der Waals surface area contributed by atoms with E-state index in [1.807, 2.05) is 25.2 Å². The van der Waals surface area contributed by atoms with Gasteiger partial charge in [0.15, 0.2) is 0 Å². The minimum atomic E-state index is -2.92. The van der Waals surface area contributed by atoms with Crippen molar-refractivity contribution in [3.8, 4) is 11.5 Å². The predicted octanol–water partition coefficient (Wildman–Crippen LogP) is 4.07. The van der Waals surface area contributed by atoms with Crippen LogP contribution in [0.15, 0.2) is 47.0 Å². The quantitative estimate of drug-likeness (QED) is 0.412. The van der Waals surface area contributed by atoms with Crippen molar-refractivity contribution in [1.82, 2.24) is 29.8 Å². The van der Waals surface area contributed by atoms with Crippen LogP contribution in [0.25, 0.3) is 22.4 Å². The predicted molar refractivity (Wildman–Crippen MR) is 126 cm³/mol. The van der Waals surface area contributed by atoms with Crippen LogP contribution in [-0.2, 0) is 13.6 Å². The number of amides is 2. The van der Waals surface area contributed by atoms with Crippen LogP contribution in [0.2, 0.25) is 0 Å². The Morgan fingerprint density at radius 1 is 1.11 bits per heavy atom. The lowest BCUT2D eigenvalue weighted by atomic mass is 10.1. The smallest absolute Gasteiger partial charge is 0.324 e. The molecule has 3 heterocycles. The van der Waals surface area contributed by atoms with Crippen LogP contribution in [-0.4, -0.2) is 69.0 Å². The summed E-state index contributed by atoms with van der Waals surface area (Å²) in [5.41, 5.74) is 1.77. The monoisotopic (exact) mass is 499 g/mol. The Hall–Kier alpha value is -3.93. The SMILES string of the molecule is CN1CCN(C(=O)N(Cc2ccc(-c3nnc(C(F)F)o3)cc2F)c2cccc3cnn(C)c23)CC1. The third-order valence-corrected chi connectivity index (χ3v) is 6.29. The molecule has 2 amide bonds. The summed E-state index contributed by atoms with van der Waals surface area (Å²) in [6, 6.07) is 9.45. The fourth-order valence-corrected chi connectivity index (χ4v) is 4.27. The number of anilines is 1. The first kappa shape index (κ1) is 23.8. The van der Waals surface area contributed by atoms with E-state index in [0.717, 1.165) is 30.1 Å². The van der Waals surface area contributed by atoms with Gasteiger partial charge in [-0.3, -0.25) is 9.58 Å². The molecular formula is C24H24F3N7O2. The third-order valence-electron chi connectivity index (χ3n) is 6.29. The second-order valence-electron chi connectivity index (χ2n) is 8.69. The molecule has 0 bridgehead atoms. The average Bonchev–Trinajstić information content (AvgIpc) is 3.51. The topological polar surface area (TPSA) is 83.5 Å². The van der Waals surface area contributed by atoms with Gasteiger partial charge in [-0.1, -0.05) is 18.2 Å². The Labute approximate surface area is 204 Å². The molecule has 2 aromatic heterocycles. The van der Waals surface area contributed by atoms with Gasteiger partial charge in [0.05, 0.1) is 23.9 Å². The maximum absolute atomic E-state index is 15.3. The van der Waals surface area contributed by atoms with E-state index in [9.17, 15) is 13.6 Å². The normalized spacial score (nSPS) is 14.7. The van der Waals surface area contributed by atoms with E-state index in [1.54, 1.807) is 27.7 Å². The number of carbonyl (C=O) groups excluding carboxylic acids is 1. The molecule has 0 unspecified atom stereocenters. The highest BCUT2D eigenvalue weighted by Gasteiger charge is 2.28. The fourth-order valence-electron chi connectivity index (χ4n) is 4.27. The summed E-state index contributed by atoms with van der Waals surface area (Å²) >= 11 is 0. The minimum Gasteiger partial charge on any atom is -0.415 e. The number of fused-ring (bicyclic) bond motifs is 1. The zero-order chi connectivity index (χ0) is 25.4. The van der Waals surface area contributed by atoms with Crippen molar-refractivity contribution in [3.05, 3.63) is 59.9 Å². The standard InChI is InChI=1S/C24H24F3N7O2/c1-31-8-10-33(11-9-31)24(35)34(19-5-3-4-16-13-28-32(2)20(16)19)14-17-7-6-15(12-18(17)25)22-29-30-23(36-22)21(26)27/h3-7,12-13,21H,8-11,14H2,1-2H3. The van der Waals surface area contributed by atoms with Gasteiger partial charge < -0.3 is 14.2 Å². The van der Waals surface area contributed by atoms with Gasteiger partial charge in [-0.2, -0.15) is 13.9 Å². The molecule has 0 radical (unpaired) electrons. The molecule has 1 aliphatic heterocycles. The molecule has 12 heteroatoms. The Morgan fingerprint density at radius 2 is 1.89 bits per heavy atom. The maximum atomic E-state index is 15.3. The zero-order valence-electron chi connectivity index (χ0n) is 19.7. The molecule has 1 aliphatic rings. The molecule has 2 aromatic carbocycles. The number of nitrogens with zero attached hydrogens (tertiary/aromatic N) is 7. The number of urea groups is 1. The van der Waals surface area contributed by atoms with Crippen LogP contribution in [0.3, 0.4) is 0 Å².